The van der Waals surface area contributed by atoms with Gasteiger partial charge in [-0.05, 0) is 44.5 Å². The van der Waals surface area contributed by atoms with E-state index in [0.717, 1.165) is 30.6 Å². The summed E-state index contributed by atoms with van der Waals surface area (Å²) in [5.41, 5.74) is 9.84. The van der Waals surface area contributed by atoms with Gasteiger partial charge in [0.25, 0.3) is 0 Å². The number of aliphatic imine (C=N–C) groups is 3. The van der Waals surface area contributed by atoms with Gasteiger partial charge in [-0.15, -0.1) is 0 Å². The van der Waals surface area contributed by atoms with Crippen molar-refractivity contribution in [1.82, 2.24) is 0 Å². The van der Waals surface area contributed by atoms with Crippen molar-refractivity contribution in [2.24, 2.45) is 26.4 Å². The van der Waals surface area contributed by atoms with Gasteiger partial charge in [-0.25, -0.2) is 18.8 Å². The summed E-state index contributed by atoms with van der Waals surface area (Å²) in [6.07, 6.45) is -6.62. The highest BCUT2D eigenvalue weighted by Gasteiger charge is 2.38. The number of benzene rings is 2. The number of rotatable bonds is 10. The summed E-state index contributed by atoms with van der Waals surface area (Å²) in [5, 5.41) is 11.1. The number of amidine groups is 2. The summed E-state index contributed by atoms with van der Waals surface area (Å²) in [7, 11) is 0. The molecule has 1 aliphatic rings. The Morgan fingerprint density at radius 1 is 1.21 bits per heavy atom. The van der Waals surface area contributed by atoms with Crippen LogP contribution < -0.4 is 11.5 Å². The fourth-order valence-electron chi connectivity index (χ4n) is 3.98. The zero-order valence-electron chi connectivity index (χ0n) is 23.5. The van der Waals surface area contributed by atoms with E-state index in [1.807, 2.05) is 0 Å². The molecule has 0 aromatic heterocycles. The molecule has 1 heterocycles. The van der Waals surface area contributed by atoms with E-state index in [2.05, 4.69) is 21.6 Å². The third kappa shape index (κ3) is 8.47. The first-order chi connectivity index (χ1) is 20.1. The second kappa shape index (κ2) is 14.2. The van der Waals surface area contributed by atoms with Crippen LogP contribution in [0, 0.1) is 11.6 Å². The molecule has 0 bridgehead atoms. The van der Waals surface area contributed by atoms with Crippen molar-refractivity contribution in [3.05, 3.63) is 76.5 Å². The summed E-state index contributed by atoms with van der Waals surface area (Å²) in [6.45, 7) is 7.93. The van der Waals surface area contributed by atoms with Crippen molar-refractivity contribution in [3.8, 4) is 0 Å². The van der Waals surface area contributed by atoms with Crippen LogP contribution in [0.15, 0.2) is 58.1 Å². The zero-order valence-corrected chi connectivity index (χ0v) is 24.3. The van der Waals surface area contributed by atoms with Crippen molar-refractivity contribution in [1.29, 1.82) is 0 Å². The lowest BCUT2D eigenvalue weighted by Gasteiger charge is -2.37. The largest absolute Gasteiger partial charge is 0.418 e. The van der Waals surface area contributed by atoms with Gasteiger partial charge in [0.1, 0.15) is 18.3 Å². The molecule has 2 aromatic rings. The van der Waals surface area contributed by atoms with E-state index in [1.165, 1.54) is 26.0 Å². The summed E-state index contributed by atoms with van der Waals surface area (Å²) in [4.78, 5) is 12.2. The first-order valence-electron chi connectivity index (χ1n) is 12.9. The molecule has 1 saturated heterocycles. The van der Waals surface area contributed by atoms with Gasteiger partial charge in [-0.1, -0.05) is 30.3 Å². The number of nitrogens with zero attached hydrogens (tertiary/aromatic N) is 3. The van der Waals surface area contributed by atoms with Crippen LogP contribution >= 0.6 is 11.6 Å². The summed E-state index contributed by atoms with van der Waals surface area (Å²) in [6, 6.07) is 5.47. The highest BCUT2D eigenvalue weighted by molar-refractivity contribution is 6.30. The van der Waals surface area contributed by atoms with Crippen LogP contribution in [0.3, 0.4) is 0 Å². The van der Waals surface area contributed by atoms with Crippen LogP contribution in [0.1, 0.15) is 37.5 Å². The monoisotopic (exact) mass is 627 g/mol. The Kier molecular flexibility index (Phi) is 11.2. The molecule has 2 aromatic carbocycles. The summed E-state index contributed by atoms with van der Waals surface area (Å²) >= 11 is 5.96. The summed E-state index contributed by atoms with van der Waals surface area (Å²) < 4.78 is 81.8. The van der Waals surface area contributed by atoms with Crippen molar-refractivity contribution in [2.75, 3.05) is 13.2 Å². The molecule has 14 heteroatoms. The van der Waals surface area contributed by atoms with E-state index in [9.17, 15) is 27.1 Å². The molecule has 0 radical (unpaired) electrons. The lowest BCUT2D eigenvalue weighted by molar-refractivity contribution is -0.199. The number of halogens is 6. The third-order valence-electron chi connectivity index (χ3n) is 6.32. The van der Waals surface area contributed by atoms with Gasteiger partial charge in [0.05, 0.1) is 36.3 Å². The van der Waals surface area contributed by atoms with Gasteiger partial charge in [0.15, 0.2) is 17.5 Å². The maximum absolute atomic E-state index is 14.8. The molecule has 0 spiro atoms. The number of hydrogen-bond donors (Lipinski definition) is 3. The minimum Gasteiger partial charge on any atom is -0.404 e. The molecule has 0 aliphatic carbocycles. The van der Waals surface area contributed by atoms with Gasteiger partial charge in [0.2, 0.25) is 0 Å². The Labute approximate surface area is 250 Å². The third-order valence-corrected chi connectivity index (χ3v) is 6.55. The van der Waals surface area contributed by atoms with Crippen molar-refractivity contribution >= 4 is 46.3 Å². The number of allylic oxidation sites excluding steroid dienone is 2. The van der Waals surface area contributed by atoms with E-state index in [-0.39, 0.29) is 40.0 Å². The molecule has 0 amide bonds. The smallest absolute Gasteiger partial charge is 0.404 e. The van der Waals surface area contributed by atoms with E-state index < -0.39 is 60.0 Å². The van der Waals surface area contributed by atoms with Crippen molar-refractivity contribution in [3.63, 3.8) is 0 Å². The molecule has 43 heavy (non-hydrogen) atoms. The number of aliphatic hydroxyl groups excluding tert-OH is 1. The molecule has 5 N–H and O–H groups in total. The lowest BCUT2D eigenvalue weighted by Crippen LogP contribution is -2.51. The minimum atomic E-state index is -4.78. The fraction of sp³-hybridized carbons (Fsp3) is 0.345. The maximum atomic E-state index is 14.8. The number of alkyl halides is 3. The average molecular weight is 628 g/mol. The topological polar surface area (TPSA) is 128 Å². The minimum absolute atomic E-state index is 0.00451. The van der Waals surface area contributed by atoms with Crippen LogP contribution in [-0.4, -0.2) is 60.6 Å². The molecule has 8 nitrogen and oxygen atoms in total. The fourth-order valence-corrected chi connectivity index (χ4v) is 4.15. The van der Waals surface area contributed by atoms with Gasteiger partial charge in [0, 0.05) is 34.1 Å². The van der Waals surface area contributed by atoms with Crippen LogP contribution in [0.2, 0.25) is 5.02 Å². The standard InChI is InChI=1S/C29H31ClF5N5O3/c1-14(2)19-6-7-20(26(32)25(19)31)17(10-36)11-38-12-23(41)27(43-24-13-42-15(24)3)28(39-16(4)37)40-22-9-18(30)5-8-21(22)29(33,34)35/h5-11,15,23-24,27,41H,1,12-13,36H2,2-4H3,(H2,37,39,40)/b17-10+,38-11?/t15-,23+,24?,27?/m1/s1. The van der Waals surface area contributed by atoms with E-state index >= 15 is 0 Å². The van der Waals surface area contributed by atoms with E-state index in [0.29, 0.717) is 5.57 Å². The second-order valence-corrected chi connectivity index (χ2v) is 10.2. The van der Waals surface area contributed by atoms with Crippen LogP contribution in [0.5, 0.6) is 0 Å². The molecule has 1 aliphatic heterocycles. The molecule has 1 fully saturated rings. The highest BCUT2D eigenvalue weighted by Crippen LogP contribution is 2.38. The molecule has 2 unspecified atom stereocenters. The van der Waals surface area contributed by atoms with Crippen LogP contribution in [0.25, 0.3) is 11.1 Å². The quantitative estimate of drug-likeness (QED) is 0.177. The molecular formula is C29H31ClF5N5O3. The van der Waals surface area contributed by atoms with Gasteiger partial charge in [-0.3, -0.25) is 4.99 Å². The molecule has 3 rings (SSSR count). The number of nitrogens with two attached hydrogens (primary N) is 2. The van der Waals surface area contributed by atoms with Crippen LogP contribution in [-0.2, 0) is 15.7 Å². The first-order valence-corrected chi connectivity index (χ1v) is 13.3. The molecule has 232 valence electrons. The first kappa shape index (κ1) is 33.8. The van der Waals surface area contributed by atoms with E-state index in [4.69, 9.17) is 32.5 Å². The molecular weight excluding hydrogens is 597 g/mol. The highest BCUT2D eigenvalue weighted by atomic mass is 35.5. The predicted molar refractivity (Wildman–Crippen MR) is 158 cm³/mol. The normalized spacial score (nSPS) is 19.8. The number of aliphatic hydroxyl groups is 1. The Hall–Kier alpha value is -3.65. The van der Waals surface area contributed by atoms with Crippen molar-refractivity contribution in [2.45, 2.75) is 51.4 Å². The summed E-state index contributed by atoms with van der Waals surface area (Å²) in [5.74, 6) is -2.75. The SMILES string of the molecule is C=C(C)c1ccc(/C(C=NC[C@H](O)C(OC2CO[C@@H]2C)C(N=C(C)N)=Nc2cc(Cl)ccc2C(F)(F)F)=C/N)c(F)c1F. The average Bonchev–Trinajstić information content (AvgIpc) is 2.91. The Bertz CT molecular complexity index is 1470. The maximum Gasteiger partial charge on any atom is 0.418 e. The van der Waals surface area contributed by atoms with Crippen molar-refractivity contribution < 1.29 is 36.5 Å². The second-order valence-electron chi connectivity index (χ2n) is 9.77. The number of ether oxygens (including phenoxy) is 2. The van der Waals surface area contributed by atoms with Gasteiger partial charge < -0.3 is 26.0 Å². The lowest BCUT2D eigenvalue weighted by atomic mass is 10.0. The Balaban J connectivity index is 1.99. The molecule has 0 saturated carbocycles. The Morgan fingerprint density at radius 2 is 1.86 bits per heavy atom. The Morgan fingerprint density at radius 3 is 2.40 bits per heavy atom. The number of hydrogen-bond acceptors (Lipinski definition) is 6. The van der Waals surface area contributed by atoms with Gasteiger partial charge >= 0.3 is 6.18 Å². The molecule has 4 atom stereocenters. The van der Waals surface area contributed by atoms with E-state index in [1.54, 1.807) is 6.92 Å². The predicted octanol–water partition coefficient (Wildman–Crippen LogP) is 5.68. The van der Waals surface area contributed by atoms with Gasteiger partial charge in [-0.2, -0.15) is 13.2 Å². The van der Waals surface area contributed by atoms with Crippen LogP contribution in [0.4, 0.5) is 27.6 Å². The zero-order chi connectivity index (χ0) is 32.1.